The van der Waals surface area contributed by atoms with Crippen LogP contribution < -0.4 is 0 Å². The highest BCUT2D eigenvalue weighted by molar-refractivity contribution is 6.27. The molecule has 0 fully saturated rings. The van der Waals surface area contributed by atoms with Crippen LogP contribution in [0.15, 0.2) is 101 Å². The lowest BCUT2D eigenvalue weighted by Gasteiger charge is -2.00. The molecule has 0 saturated carbocycles. The number of oxazole rings is 2. The molecule has 0 aromatic carbocycles. The minimum absolute atomic E-state index is 0.121. The zero-order chi connectivity index (χ0) is 22.5. The Morgan fingerprint density at radius 3 is 1.76 bits per heavy atom. The molecule has 0 unspecified atom stereocenters. The van der Waals surface area contributed by atoms with E-state index in [-0.39, 0.29) is 5.35 Å². The summed E-state index contributed by atoms with van der Waals surface area (Å²) in [4.78, 5) is 16.2. The van der Waals surface area contributed by atoms with Crippen molar-refractivity contribution in [2.24, 2.45) is 0 Å². The van der Waals surface area contributed by atoms with Crippen molar-refractivity contribution >= 4 is 11.6 Å². The van der Waals surface area contributed by atoms with Gasteiger partial charge in [-0.15, -0.1) is 0 Å². The SMILES string of the molecule is Clc1ncc(-c2ccc(-n3cccn3)nc2)o1.c1cnn(-c2ccc(-c3cnco3)cn2)c1. The minimum atomic E-state index is 0.121. The Bertz CT molecular complexity index is 1340. The molecule has 6 aromatic heterocycles. The topological polar surface area (TPSA) is 113 Å². The van der Waals surface area contributed by atoms with Crippen LogP contribution in [-0.4, -0.2) is 39.5 Å². The highest BCUT2D eigenvalue weighted by Crippen LogP contribution is 2.22. The van der Waals surface area contributed by atoms with Gasteiger partial charge in [0.05, 0.1) is 12.4 Å². The number of rotatable bonds is 4. The van der Waals surface area contributed by atoms with Crippen LogP contribution in [0.3, 0.4) is 0 Å². The fraction of sp³-hybridized carbons (Fsp3) is 0. The fourth-order valence-electron chi connectivity index (χ4n) is 2.89. The molecule has 0 saturated heterocycles. The van der Waals surface area contributed by atoms with E-state index < -0.39 is 0 Å². The molecule has 0 atom stereocenters. The Balaban J connectivity index is 0.000000139. The van der Waals surface area contributed by atoms with E-state index in [0.29, 0.717) is 11.5 Å². The van der Waals surface area contributed by atoms with Gasteiger partial charge in [0.15, 0.2) is 29.5 Å². The van der Waals surface area contributed by atoms with E-state index >= 15 is 0 Å². The molecule has 6 aromatic rings. The van der Waals surface area contributed by atoms with E-state index in [2.05, 4.69) is 30.1 Å². The molecule has 6 heterocycles. The summed E-state index contributed by atoms with van der Waals surface area (Å²) in [6, 6.07) is 11.2. The maximum absolute atomic E-state index is 5.61. The van der Waals surface area contributed by atoms with Gasteiger partial charge in [0.1, 0.15) is 0 Å². The zero-order valence-electron chi connectivity index (χ0n) is 16.9. The number of pyridine rings is 2. The normalized spacial score (nSPS) is 10.6. The van der Waals surface area contributed by atoms with Gasteiger partial charge in [0.25, 0.3) is 5.35 Å². The zero-order valence-corrected chi connectivity index (χ0v) is 17.7. The first kappa shape index (κ1) is 20.3. The van der Waals surface area contributed by atoms with Crippen molar-refractivity contribution < 1.29 is 8.83 Å². The van der Waals surface area contributed by atoms with Crippen LogP contribution in [0.5, 0.6) is 0 Å². The predicted molar refractivity (Wildman–Crippen MR) is 119 cm³/mol. The third-order valence-corrected chi connectivity index (χ3v) is 4.63. The lowest BCUT2D eigenvalue weighted by Crippen LogP contribution is -1.96. The second-order valence-corrected chi connectivity index (χ2v) is 6.88. The van der Waals surface area contributed by atoms with Crippen LogP contribution in [0.2, 0.25) is 5.35 Å². The molecule has 33 heavy (non-hydrogen) atoms. The van der Waals surface area contributed by atoms with E-state index in [9.17, 15) is 0 Å². The van der Waals surface area contributed by atoms with Gasteiger partial charge in [0, 0.05) is 48.3 Å². The molecule has 6 rings (SSSR count). The van der Waals surface area contributed by atoms with Gasteiger partial charge in [-0.05, 0) is 48.0 Å². The molecule has 0 amide bonds. The largest absolute Gasteiger partial charge is 0.443 e. The Morgan fingerprint density at radius 2 is 1.33 bits per heavy atom. The first-order valence-corrected chi connectivity index (χ1v) is 10.1. The van der Waals surface area contributed by atoms with E-state index in [1.807, 2.05) is 48.8 Å². The number of hydrogen-bond donors (Lipinski definition) is 0. The van der Waals surface area contributed by atoms with Crippen molar-refractivity contribution in [3.8, 4) is 34.3 Å². The van der Waals surface area contributed by atoms with Crippen LogP contribution in [0, 0.1) is 0 Å². The highest BCUT2D eigenvalue weighted by atomic mass is 35.5. The van der Waals surface area contributed by atoms with Crippen molar-refractivity contribution in [3.63, 3.8) is 0 Å². The number of halogens is 1. The van der Waals surface area contributed by atoms with Crippen LogP contribution >= 0.6 is 11.6 Å². The Labute approximate surface area is 192 Å². The summed E-state index contributed by atoms with van der Waals surface area (Å²) in [6.07, 6.45) is 15.1. The van der Waals surface area contributed by atoms with Crippen molar-refractivity contribution in [1.29, 1.82) is 0 Å². The van der Waals surface area contributed by atoms with Gasteiger partial charge in [0.2, 0.25) is 0 Å². The second-order valence-electron chi connectivity index (χ2n) is 6.55. The number of nitrogens with zero attached hydrogens (tertiary/aromatic N) is 8. The summed E-state index contributed by atoms with van der Waals surface area (Å²) in [5, 5.41) is 8.31. The quantitative estimate of drug-likeness (QED) is 0.379. The van der Waals surface area contributed by atoms with Gasteiger partial charge in [-0.2, -0.15) is 10.2 Å². The molecule has 10 nitrogen and oxygen atoms in total. The van der Waals surface area contributed by atoms with Crippen LogP contribution in [0.1, 0.15) is 0 Å². The first-order chi connectivity index (χ1) is 16.3. The molecule has 0 bridgehead atoms. The van der Waals surface area contributed by atoms with Gasteiger partial charge in [-0.25, -0.2) is 29.3 Å². The average molecular weight is 459 g/mol. The summed E-state index contributed by atoms with van der Waals surface area (Å²) >= 11 is 5.61. The Kier molecular flexibility index (Phi) is 5.72. The molecular weight excluding hydrogens is 444 g/mol. The molecular formula is C22H15ClN8O2. The Morgan fingerprint density at radius 1 is 0.697 bits per heavy atom. The van der Waals surface area contributed by atoms with Crippen LogP contribution in [-0.2, 0) is 0 Å². The van der Waals surface area contributed by atoms with Crippen LogP contribution in [0.25, 0.3) is 34.3 Å². The lowest BCUT2D eigenvalue weighted by molar-refractivity contribution is 0.571. The van der Waals surface area contributed by atoms with Gasteiger partial charge in [-0.1, -0.05) is 0 Å². The van der Waals surface area contributed by atoms with Crippen molar-refractivity contribution in [3.05, 3.63) is 97.7 Å². The maximum atomic E-state index is 5.61. The molecule has 0 aliphatic rings. The van der Waals surface area contributed by atoms with Gasteiger partial charge >= 0.3 is 0 Å². The van der Waals surface area contributed by atoms with Crippen molar-refractivity contribution in [2.75, 3.05) is 0 Å². The van der Waals surface area contributed by atoms with Gasteiger partial charge < -0.3 is 8.83 Å². The summed E-state index contributed by atoms with van der Waals surface area (Å²) in [5.41, 5.74) is 1.72. The van der Waals surface area contributed by atoms with E-state index in [1.165, 1.54) is 6.39 Å². The monoisotopic (exact) mass is 458 g/mol. The highest BCUT2D eigenvalue weighted by Gasteiger charge is 2.06. The maximum Gasteiger partial charge on any atom is 0.292 e. The Hall–Kier alpha value is -4.57. The summed E-state index contributed by atoms with van der Waals surface area (Å²) in [5.74, 6) is 2.81. The lowest BCUT2D eigenvalue weighted by atomic mass is 10.2. The first-order valence-electron chi connectivity index (χ1n) is 9.69. The summed E-state index contributed by atoms with van der Waals surface area (Å²) in [6.45, 7) is 0. The molecule has 11 heteroatoms. The molecule has 0 aliphatic heterocycles. The third-order valence-electron chi connectivity index (χ3n) is 4.45. The van der Waals surface area contributed by atoms with E-state index in [1.54, 1.807) is 46.5 Å². The van der Waals surface area contributed by atoms with E-state index in [4.69, 9.17) is 20.4 Å². The number of aromatic nitrogens is 8. The molecule has 162 valence electrons. The molecule has 0 radical (unpaired) electrons. The van der Waals surface area contributed by atoms with Crippen molar-refractivity contribution in [1.82, 2.24) is 39.5 Å². The molecule has 0 N–H and O–H groups in total. The van der Waals surface area contributed by atoms with Crippen LogP contribution in [0.4, 0.5) is 0 Å². The standard InChI is InChI=1S/C11H7ClN4O.C11H8N4O/c12-11-14-7-9(17-11)8-2-3-10(13-6-8)16-5-1-4-15-16;1-4-14-15(5-1)11-3-2-9(6-13-11)10-7-12-8-16-10/h1-7H;1-8H. The minimum Gasteiger partial charge on any atom is -0.443 e. The van der Waals surface area contributed by atoms with Gasteiger partial charge in [-0.3, -0.25) is 0 Å². The molecule has 0 spiro atoms. The smallest absolute Gasteiger partial charge is 0.292 e. The summed E-state index contributed by atoms with van der Waals surface area (Å²) < 4.78 is 13.7. The fourth-order valence-corrected chi connectivity index (χ4v) is 3.02. The summed E-state index contributed by atoms with van der Waals surface area (Å²) in [7, 11) is 0. The molecule has 0 aliphatic carbocycles. The third kappa shape index (κ3) is 4.70. The van der Waals surface area contributed by atoms with E-state index in [0.717, 1.165) is 22.8 Å². The average Bonchev–Trinajstić information content (AvgIpc) is 3.67. The van der Waals surface area contributed by atoms with Crippen molar-refractivity contribution in [2.45, 2.75) is 0 Å². The predicted octanol–water partition coefficient (Wildman–Crippen LogP) is 4.50. The number of hydrogen-bond acceptors (Lipinski definition) is 8. The second kappa shape index (κ2) is 9.28.